The van der Waals surface area contributed by atoms with E-state index in [4.69, 9.17) is 14.2 Å². The number of ether oxygens (including phenoxy) is 3. The van der Waals surface area contributed by atoms with Gasteiger partial charge in [0, 0.05) is 18.7 Å². The van der Waals surface area contributed by atoms with E-state index in [9.17, 15) is 33.4 Å². The molecule has 0 bridgehead atoms. The van der Waals surface area contributed by atoms with Gasteiger partial charge in [-0.2, -0.15) is 4.91 Å². The number of nitrogens with zero attached hydrogens (tertiary/aromatic N) is 1. The maximum Gasteiger partial charge on any atom is 0.187 e. The van der Waals surface area contributed by atoms with Crippen molar-refractivity contribution in [1.29, 1.82) is 0 Å². The zero-order valence-corrected chi connectivity index (χ0v) is 25.5. The number of halogens is 1. The quantitative estimate of drug-likeness (QED) is 0.144. The smallest absolute Gasteiger partial charge is 0.187 e. The third-order valence-electron chi connectivity index (χ3n) is 7.92. The third kappa shape index (κ3) is 7.17. The Balaban J connectivity index is 1.28. The molecule has 5 N–H and O–H groups in total. The average Bonchev–Trinajstić information content (AvgIpc) is 2.97. The zero-order valence-electron chi connectivity index (χ0n) is 22.5. The standard InChI is InChI=1S/C27H35FN2O9P2S/c28-15-3-7-18-13(9-15)2-6-21(38-18)22(41-26-23(30-34)24(32)25(33)27(39-26)42(35)36)12-29-11-17(31)20-5-1-14-10-16(40)4-8-19(14)37-20/h3-4,7-10,17,20-27,29,31-33,41H,1-2,5-6,11-12,40H2,(H,35,36). The summed E-state index contributed by atoms with van der Waals surface area (Å²) in [6.45, 7) is 0.496. The Morgan fingerprint density at radius 1 is 1.05 bits per heavy atom. The molecular weight excluding hydrogens is 609 g/mol. The first-order valence-electron chi connectivity index (χ1n) is 13.7. The SMILES string of the molecule is O=NC1C(PC(CNCC(O)C2CCc3cc(P)ccc3O2)C2CCc3cc(F)ccc3O2)OC(S(=O)O)C(O)C1O. The van der Waals surface area contributed by atoms with Crippen LogP contribution in [0, 0.1) is 10.7 Å². The highest BCUT2D eigenvalue weighted by atomic mass is 32.2. The number of aliphatic hydroxyl groups excluding tert-OH is 3. The van der Waals surface area contributed by atoms with Crippen molar-refractivity contribution < 1.29 is 42.7 Å². The van der Waals surface area contributed by atoms with Gasteiger partial charge in [-0.1, -0.05) is 19.8 Å². The van der Waals surface area contributed by atoms with E-state index in [1.54, 1.807) is 6.07 Å². The van der Waals surface area contributed by atoms with Crippen LogP contribution in [0.5, 0.6) is 11.5 Å². The van der Waals surface area contributed by atoms with Crippen molar-refractivity contribution in [1.82, 2.24) is 5.32 Å². The summed E-state index contributed by atoms with van der Waals surface area (Å²) >= 11 is -2.63. The van der Waals surface area contributed by atoms with Gasteiger partial charge < -0.3 is 39.4 Å². The van der Waals surface area contributed by atoms with Gasteiger partial charge in [-0.25, -0.2) is 8.60 Å². The number of nitroso groups, excluding NO2 is 1. The lowest BCUT2D eigenvalue weighted by Crippen LogP contribution is -2.57. The maximum absolute atomic E-state index is 13.8. The summed E-state index contributed by atoms with van der Waals surface area (Å²) < 4.78 is 53.1. The zero-order chi connectivity index (χ0) is 30.0. The van der Waals surface area contributed by atoms with Gasteiger partial charge in [-0.05, 0) is 72.4 Å². The first kappa shape index (κ1) is 31.8. The molecule has 2 aromatic carbocycles. The summed E-state index contributed by atoms with van der Waals surface area (Å²) in [4.78, 5) is 11.7. The third-order valence-corrected chi connectivity index (χ3v) is 10.9. The fraction of sp³-hybridized carbons (Fsp3) is 0.556. The predicted octanol–water partition coefficient (Wildman–Crippen LogP) is 1.17. The van der Waals surface area contributed by atoms with Crippen LogP contribution in [-0.2, 0) is 28.7 Å². The van der Waals surface area contributed by atoms with E-state index in [0.29, 0.717) is 31.6 Å². The van der Waals surface area contributed by atoms with Gasteiger partial charge in [0.15, 0.2) is 22.6 Å². The molecule has 12 atom stereocenters. The first-order valence-corrected chi connectivity index (χ1v) is 16.6. The van der Waals surface area contributed by atoms with Gasteiger partial charge in [0.25, 0.3) is 0 Å². The van der Waals surface area contributed by atoms with Crippen LogP contribution in [0.15, 0.2) is 41.6 Å². The van der Waals surface area contributed by atoms with Crippen molar-refractivity contribution in [3.63, 3.8) is 0 Å². The molecule has 3 heterocycles. The Kier molecular flexibility index (Phi) is 10.6. The molecule has 0 amide bonds. The monoisotopic (exact) mass is 644 g/mol. The Bertz CT molecular complexity index is 1300. The van der Waals surface area contributed by atoms with Crippen molar-refractivity contribution in [3.8, 4) is 11.5 Å². The van der Waals surface area contributed by atoms with Crippen LogP contribution >= 0.6 is 17.8 Å². The van der Waals surface area contributed by atoms with E-state index < -0.39 is 58.9 Å². The summed E-state index contributed by atoms with van der Waals surface area (Å²) in [5, 5.41) is 38.9. The second-order valence-corrected chi connectivity index (χ2v) is 14.1. The highest BCUT2D eigenvalue weighted by Crippen LogP contribution is 2.42. The average molecular weight is 645 g/mol. The summed E-state index contributed by atoms with van der Waals surface area (Å²) in [5.41, 5.74) is -0.144. The lowest BCUT2D eigenvalue weighted by atomic mass is 9.98. The van der Waals surface area contributed by atoms with Crippen LogP contribution in [-0.4, -0.2) is 90.7 Å². The second kappa shape index (κ2) is 14.0. The molecule has 0 radical (unpaired) electrons. The molecule has 0 aliphatic carbocycles. The molecule has 12 unspecified atom stereocenters. The molecule has 0 saturated carbocycles. The predicted molar refractivity (Wildman–Crippen MR) is 160 cm³/mol. The Morgan fingerprint density at radius 3 is 2.43 bits per heavy atom. The maximum atomic E-state index is 13.8. The van der Waals surface area contributed by atoms with Gasteiger partial charge >= 0.3 is 0 Å². The van der Waals surface area contributed by atoms with Gasteiger partial charge in [0.1, 0.15) is 53.7 Å². The van der Waals surface area contributed by atoms with E-state index in [2.05, 4.69) is 19.7 Å². The molecule has 3 aliphatic heterocycles. The van der Waals surface area contributed by atoms with Crippen LogP contribution < -0.4 is 20.1 Å². The number of hydrogen-bond donors (Lipinski definition) is 5. The fourth-order valence-electron chi connectivity index (χ4n) is 5.66. The van der Waals surface area contributed by atoms with E-state index >= 15 is 0 Å². The summed E-state index contributed by atoms with van der Waals surface area (Å²) in [6, 6.07) is 8.80. The molecule has 2 aromatic rings. The van der Waals surface area contributed by atoms with Crippen molar-refractivity contribution in [3.05, 3.63) is 58.2 Å². The van der Waals surface area contributed by atoms with Gasteiger partial charge in [0.2, 0.25) is 0 Å². The minimum Gasteiger partial charge on any atom is -0.489 e. The Morgan fingerprint density at radius 2 is 1.71 bits per heavy atom. The Hall–Kier alpha value is -1.66. The molecular formula is C27H35FN2O9P2S. The molecule has 1 fully saturated rings. The number of nitrogens with one attached hydrogen (secondary N) is 1. The number of benzene rings is 2. The number of aliphatic hydroxyl groups is 3. The van der Waals surface area contributed by atoms with Crippen LogP contribution in [0.25, 0.3) is 0 Å². The molecule has 0 aromatic heterocycles. The summed E-state index contributed by atoms with van der Waals surface area (Å²) in [6.07, 6.45) is -2.60. The Labute approximate surface area is 249 Å². The van der Waals surface area contributed by atoms with Crippen molar-refractivity contribution in [2.75, 3.05) is 13.1 Å². The summed E-state index contributed by atoms with van der Waals surface area (Å²) in [7, 11) is 2.42. The summed E-state index contributed by atoms with van der Waals surface area (Å²) in [5.74, 6) is -0.140. The number of hydrogen-bond acceptors (Lipinski definition) is 10. The number of rotatable bonds is 10. The molecule has 3 aliphatic rings. The number of aryl methyl sites for hydroxylation is 2. The highest BCUT2D eigenvalue weighted by Gasteiger charge is 2.49. The van der Waals surface area contributed by atoms with Crippen molar-refractivity contribution in [2.45, 2.75) is 79.2 Å². The second-order valence-electron chi connectivity index (χ2n) is 10.8. The van der Waals surface area contributed by atoms with Crippen LogP contribution in [0.1, 0.15) is 24.0 Å². The molecule has 11 nitrogen and oxygen atoms in total. The van der Waals surface area contributed by atoms with Crippen LogP contribution in [0.3, 0.4) is 0 Å². The number of fused-ring (bicyclic) bond motifs is 2. The molecule has 230 valence electrons. The van der Waals surface area contributed by atoms with E-state index in [0.717, 1.165) is 28.6 Å². The minimum absolute atomic E-state index is 0.197. The fourth-order valence-corrected chi connectivity index (χ4v) is 8.48. The van der Waals surface area contributed by atoms with Gasteiger partial charge in [0.05, 0.1) is 0 Å². The molecule has 1 saturated heterocycles. The van der Waals surface area contributed by atoms with E-state index in [1.165, 1.54) is 12.1 Å². The van der Waals surface area contributed by atoms with E-state index in [1.807, 2.05) is 18.2 Å². The molecule has 0 spiro atoms. The topological polar surface area (TPSA) is 167 Å². The van der Waals surface area contributed by atoms with Crippen molar-refractivity contribution >= 4 is 34.2 Å². The molecule has 5 rings (SSSR count). The normalized spacial score (nSPS) is 31.3. The lowest BCUT2D eigenvalue weighted by molar-refractivity contribution is -0.126. The van der Waals surface area contributed by atoms with Crippen molar-refractivity contribution in [2.24, 2.45) is 5.18 Å². The molecule has 15 heteroatoms. The van der Waals surface area contributed by atoms with Gasteiger partial charge in [-0.3, -0.25) is 0 Å². The first-order chi connectivity index (χ1) is 20.1. The van der Waals surface area contributed by atoms with E-state index in [-0.39, 0.29) is 26.6 Å². The van der Waals surface area contributed by atoms with Crippen LogP contribution in [0.2, 0.25) is 0 Å². The van der Waals surface area contributed by atoms with Crippen LogP contribution in [0.4, 0.5) is 4.39 Å². The highest BCUT2D eigenvalue weighted by molar-refractivity contribution is 7.79. The van der Waals surface area contributed by atoms with Gasteiger partial charge in [-0.15, -0.1) is 9.24 Å². The lowest BCUT2D eigenvalue weighted by Gasteiger charge is -2.41. The largest absolute Gasteiger partial charge is 0.489 e. The molecule has 42 heavy (non-hydrogen) atoms. The minimum atomic E-state index is -2.63.